The highest BCUT2D eigenvalue weighted by atomic mass is 16.5. The third-order valence-corrected chi connectivity index (χ3v) is 3.58. The van der Waals surface area contributed by atoms with E-state index < -0.39 is 5.97 Å². The third kappa shape index (κ3) is 2.39. The highest BCUT2D eigenvalue weighted by molar-refractivity contribution is 6.04. The van der Waals surface area contributed by atoms with Gasteiger partial charge in [0.2, 0.25) is 0 Å². The molecule has 110 valence electrons. The lowest BCUT2D eigenvalue weighted by Crippen LogP contribution is -2.01. The average molecular weight is 293 g/mol. The smallest absolute Gasteiger partial charge is 0.336 e. The van der Waals surface area contributed by atoms with Crippen LogP contribution in [0.2, 0.25) is 0 Å². The van der Waals surface area contributed by atoms with Crippen molar-refractivity contribution in [2.24, 2.45) is 0 Å². The second-order valence-corrected chi connectivity index (χ2v) is 5.08. The number of para-hydroxylation sites is 1. The molecule has 2 aromatic carbocycles. The van der Waals surface area contributed by atoms with Crippen LogP contribution in [0.25, 0.3) is 22.2 Å². The number of methoxy groups -OCH3 is 1. The zero-order valence-electron chi connectivity index (χ0n) is 12.3. The summed E-state index contributed by atoms with van der Waals surface area (Å²) in [4.78, 5) is 16.2. The highest BCUT2D eigenvalue weighted by Crippen LogP contribution is 2.31. The van der Waals surface area contributed by atoms with Crippen molar-refractivity contribution >= 4 is 16.9 Å². The second-order valence-electron chi connectivity index (χ2n) is 5.08. The van der Waals surface area contributed by atoms with Crippen LogP contribution >= 0.6 is 0 Å². The van der Waals surface area contributed by atoms with Crippen molar-refractivity contribution in [3.63, 3.8) is 0 Å². The largest absolute Gasteiger partial charge is 0.496 e. The van der Waals surface area contributed by atoms with E-state index in [-0.39, 0.29) is 5.56 Å². The number of nitrogens with zero attached hydrogens (tertiary/aromatic N) is 1. The van der Waals surface area contributed by atoms with Crippen molar-refractivity contribution < 1.29 is 14.6 Å². The summed E-state index contributed by atoms with van der Waals surface area (Å²) in [7, 11) is 1.58. The summed E-state index contributed by atoms with van der Waals surface area (Å²) >= 11 is 0. The van der Waals surface area contributed by atoms with E-state index in [1.165, 1.54) is 0 Å². The van der Waals surface area contributed by atoms with Crippen LogP contribution in [0.3, 0.4) is 0 Å². The number of hydrogen-bond donors (Lipinski definition) is 1. The Morgan fingerprint density at radius 1 is 1.14 bits per heavy atom. The first-order valence-electron chi connectivity index (χ1n) is 6.88. The molecule has 0 bridgehead atoms. The van der Waals surface area contributed by atoms with Crippen LogP contribution < -0.4 is 4.74 Å². The number of fused-ring (bicyclic) bond motifs is 1. The van der Waals surface area contributed by atoms with Crippen molar-refractivity contribution in [1.82, 2.24) is 4.98 Å². The van der Waals surface area contributed by atoms with Crippen molar-refractivity contribution in [2.45, 2.75) is 6.92 Å². The SMILES string of the molecule is COc1ccccc1-c1cc(C(=O)O)c2cc(C)ccc2n1. The first kappa shape index (κ1) is 14.1. The van der Waals surface area contributed by atoms with Crippen molar-refractivity contribution in [1.29, 1.82) is 0 Å². The number of aromatic carboxylic acids is 1. The van der Waals surface area contributed by atoms with E-state index in [2.05, 4.69) is 4.98 Å². The highest BCUT2D eigenvalue weighted by Gasteiger charge is 2.15. The fourth-order valence-electron chi connectivity index (χ4n) is 2.51. The van der Waals surface area contributed by atoms with Gasteiger partial charge in [-0.3, -0.25) is 0 Å². The summed E-state index contributed by atoms with van der Waals surface area (Å²) in [6, 6.07) is 14.6. The number of carboxylic acids is 1. The van der Waals surface area contributed by atoms with Gasteiger partial charge in [-0.05, 0) is 37.3 Å². The Hall–Kier alpha value is -2.88. The number of hydrogen-bond acceptors (Lipinski definition) is 3. The summed E-state index contributed by atoms with van der Waals surface area (Å²) in [5.41, 5.74) is 3.27. The molecule has 1 N–H and O–H groups in total. The van der Waals surface area contributed by atoms with Gasteiger partial charge in [-0.2, -0.15) is 0 Å². The topological polar surface area (TPSA) is 59.4 Å². The molecular formula is C18H15NO3. The van der Waals surface area contributed by atoms with Crippen LogP contribution in [0, 0.1) is 6.92 Å². The molecule has 1 heterocycles. The predicted octanol–water partition coefficient (Wildman–Crippen LogP) is 3.92. The van der Waals surface area contributed by atoms with Gasteiger partial charge in [-0.15, -0.1) is 0 Å². The van der Waals surface area contributed by atoms with Crippen LogP contribution in [-0.2, 0) is 0 Å². The quantitative estimate of drug-likeness (QED) is 0.795. The van der Waals surface area contributed by atoms with Gasteiger partial charge in [-0.1, -0.05) is 23.8 Å². The predicted molar refractivity (Wildman–Crippen MR) is 85.4 cm³/mol. The van der Waals surface area contributed by atoms with E-state index in [9.17, 15) is 9.90 Å². The van der Waals surface area contributed by atoms with Crippen LogP contribution in [0.4, 0.5) is 0 Å². The number of carbonyl (C=O) groups is 1. The number of benzene rings is 2. The molecule has 0 saturated heterocycles. The molecule has 0 aliphatic carbocycles. The normalized spacial score (nSPS) is 10.6. The Kier molecular flexibility index (Phi) is 3.51. The maximum Gasteiger partial charge on any atom is 0.336 e. The molecule has 0 amide bonds. The van der Waals surface area contributed by atoms with Crippen molar-refractivity contribution in [3.05, 3.63) is 59.7 Å². The number of pyridine rings is 1. The van der Waals surface area contributed by atoms with Gasteiger partial charge in [0.15, 0.2) is 0 Å². The minimum absolute atomic E-state index is 0.245. The third-order valence-electron chi connectivity index (χ3n) is 3.58. The van der Waals surface area contributed by atoms with Crippen LogP contribution in [-0.4, -0.2) is 23.2 Å². The second kappa shape index (κ2) is 5.48. The fraction of sp³-hybridized carbons (Fsp3) is 0.111. The molecule has 3 rings (SSSR count). The van der Waals surface area contributed by atoms with E-state index in [4.69, 9.17) is 4.74 Å². The Labute approximate surface area is 128 Å². The van der Waals surface area contributed by atoms with E-state index in [1.54, 1.807) is 13.2 Å². The van der Waals surface area contributed by atoms with Gasteiger partial charge in [0, 0.05) is 10.9 Å². The van der Waals surface area contributed by atoms with E-state index in [1.807, 2.05) is 49.4 Å². The zero-order valence-corrected chi connectivity index (χ0v) is 12.3. The Morgan fingerprint density at radius 3 is 2.64 bits per heavy atom. The van der Waals surface area contributed by atoms with Crippen LogP contribution in [0.5, 0.6) is 5.75 Å². The molecule has 0 radical (unpaired) electrons. The van der Waals surface area contributed by atoms with Crippen LogP contribution in [0.15, 0.2) is 48.5 Å². The Morgan fingerprint density at radius 2 is 1.91 bits per heavy atom. The molecule has 0 atom stereocenters. The van der Waals surface area contributed by atoms with E-state index in [0.29, 0.717) is 22.3 Å². The van der Waals surface area contributed by atoms with Crippen LogP contribution in [0.1, 0.15) is 15.9 Å². The minimum Gasteiger partial charge on any atom is -0.496 e. The molecule has 22 heavy (non-hydrogen) atoms. The first-order chi connectivity index (χ1) is 10.6. The van der Waals surface area contributed by atoms with Gasteiger partial charge in [0.25, 0.3) is 0 Å². The zero-order chi connectivity index (χ0) is 15.7. The molecule has 0 aliphatic rings. The number of aryl methyl sites for hydroxylation is 1. The summed E-state index contributed by atoms with van der Waals surface area (Å²) < 4.78 is 5.34. The molecule has 0 fully saturated rings. The molecule has 3 aromatic rings. The van der Waals surface area contributed by atoms with Gasteiger partial charge in [-0.25, -0.2) is 9.78 Å². The molecular weight excluding hydrogens is 278 g/mol. The number of rotatable bonds is 3. The molecule has 0 aliphatic heterocycles. The molecule has 4 heteroatoms. The number of ether oxygens (including phenoxy) is 1. The lowest BCUT2D eigenvalue weighted by atomic mass is 10.0. The minimum atomic E-state index is -0.964. The number of carboxylic acid groups (broad SMARTS) is 1. The summed E-state index contributed by atoms with van der Waals surface area (Å²) in [5.74, 6) is -0.299. The van der Waals surface area contributed by atoms with Crippen molar-refractivity contribution in [3.8, 4) is 17.0 Å². The fourth-order valence-corrected chi connectivity index (χ4v) is 2.51. The lowest BCUT2D eigenvalue weighted by Gasteiger charge is -2.10. The summed E-state index contributed by atoms with van der Waals surface area (Å²) in [6.45, 7) is 1.93. The van der Waals surface area contributed by atoms with Gasteiger partial charge >= 0.3 is 5.97 Å². The number of aromatic nitrogens is 1. The first-order valence-corrected chi connectivity index (χ1v) is 6.88. The standard InChI is InChI=1S/C18H15NO3/c1-11-7-8-15-13(9-11)14(18(20)21)10-16(19-15)12-5-3-4-6-17(12)22-2/h3-10H,1-2H3,(H,20,21). The summed E-state index contributed by atoms with van der Waals surface area (Å²) in [6.07, 6.45) is 0. The molecule has 0 unspecified atom stereocenters. The molecule has 0 saturated carbocycles. The molecule has 4 nitrogen and oxygen atoms in total. The van der Waals surface area contributed by atoms with Gasteiger partial charge < -0.3 is 9.84 Å². The Bertz CT molecular complexity index is 871. The molecule has 1 aromatic heterocycles. The summed E-state index contributed by atoms with van der Waals surface area (Å²) in [5, 5.41) is 10.2. The van der Waals surface area contributed by atoms with E-state index >= 15 is 0 Å². The monoisotopic (exact) mass is 293 g/mol. The maximum absolute atomic E-state index is 11.6. The van der Waals surface area contributed by atoms with E-state index in [0.717, 1.165) is 11.1 Å². The molecule has 0 spiro atoms. The van der Waals surface area contributed by atoms with Gasteiger partial charge in [0.1, 0.15) is 5.75 Å². The maximum atomic E-state index is 11.6. The Balaban J connectivity index is 2.32. The average Bonchev–Trinajstić information content (AvgIpc) is 2.53. The van der Waals surface area contributed by atoms with Crippen molar-refractivity contribution in [2.75, 3.05) is 7.11 Å². The van der Waals surface area contributed by atoms with Gasteiger partial charge in [0.05, 0.1) is 23.9 Å². The lowest BCUT2D eigenvalue weighted by molar-refractivity contribution is 0.0699.